The number of aliphatic carboxylic acids is 1. The van der Waals surface area contributed by atoms with E-state index in [4.69, 9.17) is 0 Å². The number of urea groups is 1. The standard InChI is InChI=1S/C19H27N3O3/c1-19(17(23)24)10-6-12-22(19)18(25)20-16-9-5-11-21(14-16)13-15-7-3-2-4-8-15/h2-4,7-8,16H,5-6,9-14H2,1H3,(H,20,25)(H,23,24). The lowest BCUT2D eigenvalue weighted by Gasteiger charge is -2.36. The van der Waals surface area contributed by atoms with Crippen LogP contribution in [0.25, 0.3) is 0 Å². The van der Waals surface area contributed by atoms with Crippen LogP contribution in [0, 0.1) is 0 Å². The largest absolute Gasteiger partial charge is 0.480 e. The molecule has 2 fully saturated rings. The molecular formula is C19H27N3O3. The minimum Gasteiger partial charge on any atom is -0.480 e. The van der Waals surface area contributed by atoms with Gasteiger partial charge >= 0.3 is 12.0 Å². The Kier molecular flexibility index (Phi) is 5.27. The summed E-state index contributed by atoms with van der Waals surface area (Å²) >= 11 is 0. The van der Waals surface area contributed by atoms with Crippen molar-refractivity contribution in [1.82, 2.24) is 15.1 Å². The lowest BCUT2D eigenvalue weighted by molar-refractivity contribution is -0.147. The Labute approximate surface area is 148 Å². The number of piperidine rings is 1. The number of nitrogens with zero attached hydrogens (tertiary/aromatic N) is 2. The Morgan fingerprint density at radius 1 is 1.24 bits per heavy atom. The predicted molar refractivity (Wildman–Crippen MR) is 95.3 cm³/mol. The van der Waals surface area contributed by atoms with Crippen molar-refractivity contribution in [3.63, 3.8) is 0 Å². The van der Waals surface area contributed by atoms with Gasteiger partial charge in [-0.05, 0) is 44.7 Å². The highest BCUT2D eigenvalue weighted by Crippen LogP contribution is 2.29. The molecule has 136 valence electrons. The molecular weight excluding hydrogens is 318 g/mol. The minimum atomic E-state index is -1.08. The van der Waals surface area contributed by atoms with Gasteiger partial charge in [-0.15, -0.1) is 0 Å². The molecule has 0 bridgehead atoms. The van der Waals surface area contributed by atoms with Crippen LogP contribution >= 0.6 is 0 Å². The van der Waals surface area contributed by atoms with Gasteiger partial charge < -0.3 is 15.3 Å². The maximum Gasteiger partial charge on any atom is 0.329 e. The van der Waals surface area contributed by atoms with Crippen molar-refractivity contribution >= 4 is 12.0 Å². The van der Waals surface area contributed by atoms with Gasteiger partial charge in [0.1, 0.15) is 5.54 Å². The van der Waals surface area contributed by atoms with Crippen LogP contribution in [0.15, 0.2) is 30.3 Å². The number of carbonyl (C=O) groups excluding carboxylic acids is 1. The number of nitrogens with one attached hydrogen (secondary N) is 1. The summed E-state index contributed by atoms with van der Waals surface area (Å²) in [5, 5.41) is 12.5. The van der Waals surface area contributed by atoms with E-state index in [2.05, 4.69) is 22.3 Å². The summed E-state index contributed by atoms with van der Waals surface area (Å²) in [6.07, 6.45) is 3.23. The molecule has 25 heavy (non-hydrogen) atoms. The fraction of sp³-hybridized carbons (Fsp3) is 0.579. The second-order valence-corrected chi connectivity index (χ2v) is 7.34. The zero-order valence-corrected chi connectivity index (χ0v) is 14.8. The van der Waals surface area contributed by atoms with Gasteiger partial charge in [0.15, 0.2) is 0 Å². The van der Waals surface area contributed by atoms with Crippen molar-refractivity contribution in [3.05, 3.63) is 35.9 Å². The summed E-state index contributed by atoms with van der Waals surface area (Å²) in [5.74, 6) is -0.922. The van der Waals surface area contributed by atoms with E-state index in [-0.39, 0.29) is 12.1 Å². The monoisotopic (exact) mass is 345 g/mol. The highest BCUT2D eigenvalue weighted by Gasteiger charge is 2.46. The molecule has 3 rings (SSSR count). The third-order valence-electron chi connectivity index (χ3n) is 5.43. The van der Waals surface area contributed by atoms with E-state index < -0.39 is 11.5 Å². The molecule has 1 aromatic rings. The SMILES string of the molecule is CC1(C(=O)O)CCCN1C(=O)NC1CCCN(Cc2ccccc2)C1. The molecule has 2 atom stereocenters. The maximum absolute atomic E-state index is 12.6. The molecule has 2 heterocycles. The Bertz CT molecular complexity index is 622. The predicted octanol–water partition coefficient (Wildman–Crippen LogP) is 2.30. The van der Waals surface area contributed by atoms with Gasteiger partial charge in [0.25, 0.3) is 0 Å². The van der Waals surface area contributed by atoms with Crippen molar-refractivity contribution in [3.8, 4) is 0 Å². The number of hydrogen-bond acceptors (Lipinski definition) is 3. The van der Waals surface area contributed by atoms with Gasteiger partial charge in [-0.3, -0.25) is 4.90 Å². The normalized spacial score (nSPS) is 27.2. The zero-order valence-electron chi connectivity index (χ0n) is 14.8. The van der Waals surface area contributed by atoms with Crippen LogP contribution in [0.5, 0.6) is 0 Å². The molecule has 6 heteroatoms. The Morgan fingerprint density at radius 3 is 2.72 bits per heavy atom. The molecule has 2 unspecified atom stereocenters. The molecule has 0 radical (unpaired) electrons. The molecule has 2 N–H and O–H groups in total. The minimum absolute atomic E-state index is 0.0728. The quantitative estimate of drug-likeness (QED) is 0.878. The molecule has 0 saturated carbocycles. The van der Waals surface area contributed by atoms with Crippen LogP contribution in [0.1, 0.15) is 38.2 Å². The highest BCUT2D eigenvalue weighted by molar-refractivity contribution is 5.86. The second-order valence-electron chi connectivity index (χ2n) is 7.34. The van der Waals surface area contributed by atoms with Gasteiger partial charge in [0.2, 0.25) is 0 Å². The summed E-state index contributed by atoms with van der Waals surface area (Å²) in [6.45, 7) is 4.86. The van der Waals surface area contributed by atoms with E-state index in [1.165, 1.54) is 10.5 Å². The highest BCUT2D eigenvalue weighted by atomic mass is 16.4. The number of carboxylic acid groups (broad SMARTS) is 1. The summed E-state index contributed by atoms with van der Waals surface area (Å²) < 4.78 is 0. The van der Waals surface area contributed by atoms with Crippen molar-refractivity contribution < 1.29 is 14.7 Å². The van der Waals surface area contributed by atoms with Gasteiger partial charge in [0, 0.05) is 25.7 Å². The molecule has 0 aromatic heterocycles. The summed E-state index contributed by atoms with van der Waals surface area (Å²) in [6, 6.07) is 10.2. The van der Waals surface area contributed by atoms with Crippen LogP contribution in [-0.2, 0) is 11.3 Å². The van der Waals surface area contributed by atoms with Crippen molar-refractivity contribution in [1.29, 1.82) is 0 Å². The van der Waals surface area contributed by atoms with Crippen molar-refractivity contribution in [2.45, 2.75) is 50.7 Å². The molecule has 2 amide bonds. The summed E-state index contributed by atoms with van der Waals surface area (Å²) in [5.41, 5.74) is 0.190. The van der Waals surface area contributed by atoms with Crippen LogP contribution < -0.4 is 5.32 Å². The van der Waals surface area contributed by atoms with E-state index in [0.29, 0.717) is 13.0 Å². The number of likely N-dealkylation sites (tertiary alicyclic amines) is 2. The zero-order chi connectivity index (χ0) is 17.9. The van der Waals surface area contributed by atoms with Gasteiger partial charge in [-0.2, -0.15) is 0 Å². The fourth-order valence-corrected chi connectivity index (χ4v) is 3.92. The first-order valence-electron chi connectivity index (χ1n) is 9.07. The first kappa shape index (κ1) is 17.7. The van der Waals surface area contributed by atoms with Crippen LogP contribution in [0.4, 0.5) is 4.79 Å². The van der Waals surface area contributed by atoms with Crippen LogP contribution in [0.3, 0.4) is 0 Å². The first-order chi connectivity index (χ1) is 12.0. The lowest BCUT2D eigenvalue weighted by Crippen LogP contribution is -2.57. The van der Waals surface area contributed by atoms with Crippen molar-refractivity contribution in [2.75, 3.05) is 19.6 Å². The van der Waals surface area contributed by atoms with E-state index in [0.717, 1.165) is 38.9 Å². The number of amides is 2. The molecule has 0 aliphatic carbocycles. The topological polar surface area (TPSA) is 72.9 Å². The summed E-state index contributed by atoms with van der Waals surface area (Å²) in [4.78, 5) is 28.0. The number of carboxylic acids is 1. The van der Waals surface area contributed by atoms with Gasteiger partial charge in [-0.25, -0.2) is 9.59 Å². The van der Waals surface area contributed by atoms with E-state index >= 15 is 0 Å². The van der Waals surface area contributed by atoms with Crippen LogP contribution in [0.2, 0.25) is 0 Å². The third kappa shape index (κ3) is 3.95. The molecule has 1 aromatic carbocycles. The number of benzene rings is 1. The molecule has 6 nitrogen and oxygen atoms in total. The summed E-state index contributed by atoms with van der Waals surface area (Å²) in [7, 11) is 0. The van der Waals surface area contributed by atoms with Gasteiger partial charge in [0.05, 0.1) is 0 Å². The van der Waals surface area contributed by atoms with Gasteiger partial charge in [-0.1, -0.05) is 30.3 Å². The van der Waals surface area contributed by atoms with Crippen LogP contribution in [-0.4, -0.2) is 58.1 Å². The maximum atomic E-state index is 12.6. The average molecular weight is 345 g/mol. The van der Waals surface area contributed by atoms with E-state index in [1.807, 2.05) is 18.2 Å². The Balaban J connectivity index is 1.57. The number of carbonyl (C=O) groups is 2. The van der Waals surface area contributed by atoms with Crippen molar-refractivity contribution in [2.24, 2.45) is 0 Å². The Morgan fingerprint density at radius 2 is 2.00 bits per heavy atom. The van der Waals surface area contributed by atoms with E-state index in [9.17, 15) is 14.7 Å². The fourth-order valence-electron chi connectivity index (χ4n) is 3.92. The average Bonchev–Trinajstić information content (AvgIpc) is 2.99. The van der Waals surface area contributed by atoms with E-state index in [1.54, 1.807) is 6.92 Å². The lowest BCUT2D eigenvalue weighted by atomic mass is 9.99. The first-order valence-corrected chi connectivity index (χ1v) is 9.07. The number of hydrogen-bond donors (Lipinski definition) is 2. The second kappa shape index (κ2) is 7.44. The molecule has 2 aliphatic heterocycles. The number of rotatable bonds is 4. The smallest absolute Gasteiger partial charge is 0.329 e. The molecule has 2 aliphatic rings. The molecule has 2 saturated heterocycles. The Hall–Kier alpha value is -2.08. The third-order valence-corrected chi connectivity index (χ3v) is 5.43. The molecule has 0 spiro atoms.